The third-order valence-electron chi connectivity index (χ3n) is 6.16. The van der Waals surface area contributed by atoms with Crippen molar-refractivity contribution in [3.63, 3.8) is 0 Å². The summed E-state index contributed by atoms with van der Waals surface area (Å²) in [7, 11) is -26.9. The van der Waals surface area contributed by atoms with Crippen LogP contribution in [-0.4, -0.2) is 101 Å². The Morgan fingerprint density at radius 1 is 0.615 bits per heavy atom. The minimum absolute atomic E-state index is 0.0882. The van der Waals surface area contributed by atoms with Gasteiger partial charge in [-0.25, -0.2) is 32.4 Å². The zero-order valence-electron chi connectivity index (χ0n) is 25.3. The molecular weight excluding hydrogens is 827 g/mol. The number of nitrogens with one attached hydrogen (secondary N) is 2. The van der Waals surface area contributed by atoms with Crippen molar-refractivity contribution < 1.29 is 98.7 Å². The van der Waals surface area contributed by atoms with Gasteiger partial charge in [0.25, 0.3) is 11.1 Å². The van der Waals surface area contributed by atoms with Crippen LogP contribution in [0.15, 0.2) is 43.7 Å². The van der Waals surface area contributed by atoms with Crippen molar-refractivity contribution in [3.8, 4) is 0 Å². The fourth-order valence-electron chi connectivity index (χ4n) is 4.18. The molecule has 34 heteroatoms. The zero-order valence-corrected chi connectivity index (χ0v) is 29.8. The van der Waals surface area contributed by atoms with Gasteiger partial charge in [0.05, 0.1) is 25.4 Å². The Balaban J connectivity index is 0.000000284. The molecule has 0 aromatic carbocycles. The lowest BCUT2D eigenvalue weighted by molar-refractivity contribution is -0.0450. The molecule has 0 saturated carbocycles. The van der Waals surface area contributed by atoms with Gasteiger partial charge in [-0.1, -0.05) is 0 Å². The number of phosphoric acid groups is 5. The number of aliphatic hydroxyl groups excluding tert-OH is 2. The first-order valence-electron chi connectivity index (χ1n) is 13.5. The average Bonchev–Trinajstić information content (AvgIpc) is 3.49. The van der Waals surface area contributed by atoms with Crippen LogP contribution >= 0.6 is 39.1 Å². The SMILES string of the molecule is O=c1ccn([C@H]2C[C@H](O)[C@@H](COP(=O)(O)OP(=O)(O)O)O2)c(=O)[nH]1.O=c1ccn([C@H]2C[C@H](O)[C@@H](COP(=O)(O)OP(=O)(O)OP(=O)(O)O)O2)c(=O)[nH]1. The molecule has 9 atom stereocenters. The van der Waals surface area contributed by atoms with Crippen LogP contribution in [0.3, 0.4) is 0 Å². The van der Waals surface area contributed by atoms with Crippen molar-refractivity contribution >= 4 is 39.1 Å². The smallest absolute Gasteiger partial charge is 0.390 e. The van der Waals surface area contributed by atoms with Crippen molar-refractivity contribution in [1.82, 2.24) is 19.1 Å². The number of aliphatic hydroxyl groups is 2. The van der Waals surface area contributed by atoms with Gasteiger partial charge in [-0.15, -0.1) is 0 Å². The molecule has 0 aliphatic carbocycles. The summed E-state index contributed by atoms with van der Waals surface area (Å²) < 4.78 is 87.1. The lowest BCUT2D eigenvalue weighted by Gasteiger charge is -2.19. The summed E-state index contributed by atoms with van der Waals surface area (Å²) in [5.74, 6) is 0. The maximum absolute atomic E-state index is 11.7. The summed E-state index contributed by atoms with van der Waals surface area (Å²) in [5, 5.41) is 19.7. The molecular formula is C18H29N4O25P5. The Morgan fingerprint density at radius 3 is 1.31 bits per heavy atom. The molecule has 2 aliphatic heterocycles. The van der Waals surface area contributed by atoms with Crippen LogP contribution in [0.4, 0.5) is 0 Å². The van der Waals surface area contributed by atoms with Crippen LogP contribution in [0, 0.1) is 0 Å². The van der Waals surface area contributed by atoms with Crippen molar-refractivity contribution in [3.05, 3.63) is 66.2 Å². The maximum atomic E-state index is 11.7. The minimum atomic E-state index is -5.67. The molecule has 0 spiro atoms. The van der Waals surface area contributed by atoms with Gasteiger partial charge in [0.1, 0.15) is 24.7 Å². The number of phosphoric ester groups is 2. The van der Waals surface area contributed by atoms with E-state index in [1.165, 1.54) is 0 Å². The van der Waals surface area contributed by atoms with Crippen molar-refractivity contribution in [2.24, 2.45) is 0 Å². The van der Waals surface area contributed by atoms with E-state index < -0.39 is 112 Å². The largest absolute Gasteiger partial charge is 0.490 e. The molecule has 11 N–H and O–H groups in total. The highest BCUT2D eigenvalue weighted by molar-refractivity contribution is 7.66. The van der Waals surface area contributed by atoms with Gasteiger partial charge in [-0.3, -0.25) is 37.7 Å². The number of hydrogen-bond acceptors (Lipinski definition) is 18. The molecule has 2 fully saturated rings. The summed E-state index contributed by atoms with van der Waals surface area (Å²) in [6, 6.07) is 2.09. The van der Waals surface area contributed by atoms with Crippen LogP contribution in [0.2, 0.25) is 0 Å². The van der Waals surface area contributed by atoms with E-state index in [4.69, 9.17) is 38.8 Å². The second-order valence-electron chi connectivity index (χ2n) is 10.1. The normalized spacial score (nSPS) is 27.2. The Hall–Kier alpha value is -2.13. The fraction of sp³-hybridized carbons (Fsp3) is 0.556. The standard InChI is InChI=1S/C9H15N2O14P3.C9H14N2O11P2/c12-5-3-8(11-2-1-7(13)10-9(11)14)23-6(5)4-22-27(18,19)25-28(20,21)24-26(15,16)17;12-5-3-8(11-2-1-7(13)10-9(11)14)21-6(5)4-20-24(18,19)22-23(15,16)17/h1-2,5-6,8,12H,3-4H2,(H,18,19)(H,20,21)(H,10,13,14)(H2,15,16,17);1-2,5-6,8,12H,3-4H2,(H,18,19)(H,10,13,14)(H2,15,16,17)/t2*5-,6+,8+/m00/s1. The van der Waals surface area contributed by atoms with Gasteiger partial charge in [0.2, 0.25) is 0 Å². The molecule has 4 rings (SSSR count). The van der Waals surface area contributed by atoms with E-state index in [-0.39, 0.29) is 12.8 Å². The van der Waals surface area contributed by atoms with Gasteiger partial charge in [0.15, 0.2) is 0 Å². The average molecular weight is 856 g/mol. The molecule has 296 valence electrons. The number of hydrogen-bond donors (Lipinski definition) is 11. The highest BCUT2D eigenvalue weighted by Crippen LogP contribution is 2.66. The minimum Gasteiger partial charge on any atom is -0.390 e. The van der Waals surface area contributed by atoms with E-state index >= 15 is 0 Å². The predicted molar refractivity (Wildman–Crippen MR) is 160 cm³/mol. The van der Waals surface area contributed by atoms with Crippen molar-refractivity contribution in [2.75, 3.05) is 13.2 Å². The molecule has 0 bridgehead atoms. The zero-order chi connectivity index (χ0) is 39.4. The van der Waals surface area contributed by atoms with Gasteiger partial charge >= 0.3 is 50.5 Å². The summed E-state index contributed by atoms with van der Waals surface area (Å²) >= 11 is 0. The Morgan fingerprint density at radius 2 is 0.962 bits per heavy atom. The molecule has 3 unspecified atom stereocenters. The quantitative estimate of drug-likeness (QED) is 0.0840. The molecule has 2 aromatic heterocycles. The highest BCUT2D eigenvalue weighted by atomic mass is 31.3. The fourth-order valence-corrected chi connectivity index (χ4v) is 8.81. The number of nitrogens with zero attached hydrogens (tertiary/aromatic N) is 2. The van der Waals surface area contributed by atoms with Crippen LogP contribution in [0.1, 0.15) is 25.3 Å². The molecule has 4 heterocycles. The van der Waals surface area contributed by atoms with E-state index in [1.807, 2.05) is 9.97 Å². The molecule has 29 nitrogen and oxygen atoms in total. The molecule has 2 aromatic rings. The van der Waals surface area contributed by atoms with Gasteiger partial charge < -0.3 is 53.9 Å². The highest BCUT2D eigenvalue weighted by Gasteiger charge is 2.43. The summed E-state index contributed by atoms with van der Waals surface area (Å²) in [5.41, 5.74) is -2.90. The third kappa shape index (κ3) is 14.3. The van der Waals surface area contributed by atoms with Crippen LogP contribution in [0.5, 0.6) is 0 Å². The van der Waals surface area contributed by atoms with E-state index in [0.717, 1.165) is 33.7 Å². The summed E-state index contributed by atoms with van der Waals surface area (Å²) in [6.07, 6.45) is -5.03. The summed E-state index contributed by atoms with van der Waals surface area (Å²) in [4.78, 5) is 111. The van der Waals surface area contributed by atoms with E-state index in [9.17, 15) is 57.1 Å². The molecule has 2 saturated heterocycles. The van der Waals surface area contributed by atoms with E-state index in [2.05, 4.69) is 22.0 Å². The van der Waals surface area contributed by atoms with Crippen molar-refractivity contribution in [1.29, 1.82) is 0 Å². The summed E-state index contributed by atoms with van der Waals surface area (Å²) in [6.45, 7) is -1.61. The first-order valence-corrected chi connectivity index (χ1v) is 21.0. The Labute approximate surface area is 286 Å². The first kappa shape index (κ1) is 44.3. The third-order valence-corrected chi connectivity index (χ3v) is 12.1. The van der Waals surface area contributed by atoms with Crippen LogP contribution in [0.25, 0.3) is 0 Å². The van der Waals surface area contributed by atoms with Gasteiger partial charge in [-0.2, -0.15) is 12.9 Å². The molecule has 2 aliphatic rings. The lowest BCUT2D eigenvalue weighted by Crippen LogP contribution is -2.31. The Bertz CT molecular complexity index is 2050. The van der Waals surface area contributed by atoms with Crippen LogP contribution < -0.4 is 22.5 Å². The molecule has 52 heavy (non-hydrogen) atoms. The van der Waals surface area contributed by atoms with E-state index in [1.54, 1.807) is 0 Å². The second-order valence-corrected chi connectivity index (χ2v) is 17.4. The van der Waals surface area contributed by atoms with Crippen molar-refractivity contribution in [2.45, 2.75) is 49.7 Å². The molecule has 0 amide bonds. The topological polar surface area (TPSA) is 442 Å². The predicted octanol–water partition coefficient (Wildman–Crippen LogP) is -3.06. The first-order chi connectivity index (χ1) is 23.6. The van der Waals surface area contributed by atoms with E-state index in [0.29, 0.717) is 0 Å². The number of ether oxygens (including phenoxy) is 2. The Kier molecular flexibility index (Phi) is 14.6. The number of aromatic nitrogens is 4. The van der Waals surface area contributed by atoms with Gasteiger partial charge in [-0.05, 0) is 0 Å². The number of aromatic amines is 2. The number of H-pyrrole nitrogens is 2. The second kappa shape index (κ2) is 17.1. The molecule has 0 radical (unpaired) electrons. The lowest BCUT2D eigenvalue weighted by atomic mass is 10.2. The van der Waals surface area contributed by atoms with Crippen LogP contribution in [-0.2, 0) is 54.3 Å². The monoisotopic (exact) mass is 856 g/mol. The van der Waals surface area contributed by atoms with Gasteiger partial charge in [0, 0.05) is 37.4 Å². The maximum Gasteiger partial charge on any atom is 0.490 e. The number of rotatable bonds is 14.